The van der Waals surface area contributed by atoms with Crippen LogP contribution in [0.4, 0.5) is 0 Å². The molecule has 124 valence electrons. The predicted molar refractivity (Wildman–Crippen MR) is 88.7 cm³/mol. The van der Waals surface area contributed by atoms with E-state index in [1.807, 2.05) is 30.3 Å². The summed E-state index contributed by atoms with van der Waals surface area (Å²) < 4.78 is 0. The number of rotatable bonds is 6. The van der Waals surface area contributed by atoms with Crippen molar-refractivity contribution in [2.45, 2.75) is 19.4 Å². The van der Waals surface area contributed by atoms with E-state index in [1.165, 1.54) is 0 Å². The predicted octanol–water partition coefficient (Wildman–Crippen LogP) is 1.18. The molecule has 1 saturated heterocycles. The molecule has 1 aliphatic heterocycles. The van der Waals surface area contributed by atoms with E-state index in [9.17, 15) is 9.59 Å². The van der Waals surface area contributed by atoms with Crippen LogP contribution in [0.2, 0.25) is 0 Å². The summed E-state index contributed by atoms with van der Waals surface area (Å²) in [5.74, 6) is -0.334. The van der Waals surface area contributed by atoms with Gasteiger partial charge in [-0.05, 0) is 30.2 Å². The first-order chi connectivity index (χ1) is 11.7. The summed E-state index contributed by atoms with van der Waals surface area (Å²) in [5.41, 5.74) is 1.92. The number of amides is 2. The number of carbonyl (C=O) groups excluding carboxylic acids is 2. The SMILES string of the molecule is O=C(NCCc1cccnc1)C1CC(=O)N(Cc2ccccn2)C1. The highest BCUT2D eigenvalue weighted by Gasteiger charge is 2.34. The number of nitrogens with one attached hydrogen (secondary N) is 1. The molecule has 1 unspecified atom stereocenters. The van der Waals surface area contributed by atoms with E-state index < -0.39 is 0 Å². The molecule has 1 aliphatic rings. The Balaban J connectivity index is 1.47. The highest BCUT2D eigenvalue weighted by molar-refractivity contribution is 5.89. The minimum Gasteiger partial charge on any atom is -0.355 e. The van der Waals surface area contributed by atoms with E-state index in [0.717, 1.165) is 17.7 Å². The third-order valence-corrected chi connectivity index (χ3v) is 4.10. The van der Waals surface area contributed by atoms with Crippen molar-refractivity contribution < 1.29 is 9.59 Å². The highest BCUT2D eigenvalue weighted by atomic mass is 16.2. The Morgan fingerprint density at radius 2 is 2.17 bits per heavy atom. The van der Waals surface area contributed by atoms with Crippen LogP contribution in [-0.2, 0) is 22.6 Å². The lowest BCUT2D eigenvalue weighted by molar-refractivity contribution is -0.129. The quantitative estimate of drug-likeness (QED) is 0.866. The van der Waals surface area contributed by atoms with E-state index in [0.29, 0.717) is 19.6 Å². The van der Waals surface area contributed by atoms with Gasteiger partial charge in [-0.15, -0.1) is 0 Å². The zero-order chi connectivity index (χ0) is 16.8. The van der Waals surface area contributed by atoms with Crippen LogP contribution in [0.15, 0.2) is 48.9 Å². The van der Waals surface area contributed by atoms with Gasteiger partial charge in [-0.3, -0.25) is 19.6 Å². The van der Waals surface area contributed by atoms with Crippen LogP contribution in [0.5, 0.6) is 0 Å². The van der Waals surface area contributed by atoms with Crippen LogP contribution < -0.4 is 5.32 Å². The molecule has 3 rings (SSSR count). The second kappa shape index (κ2) is 7.68. The maximum Gasteiger partial charge on any atom is 0.225 e. The molecule has 24 heavy (non-hydrogen) atoms. The van der Waals surface area contributed by atoms with Crippen LogP contribution in [-0.4, -0.2) is 39.8 Å². The van der Waals surface area contributed by atoms with Crippen molar-refractivity contribution in [1.29, 1.82) is 0 Å². The molecule has 3 heterocycles. The van der Waals surface area contributed by atoms with E-state index in [-0.39, 0.29) is 24.2 Å². The average Bonchev–Trinajstić information content (AvgIpc) is 2.97. The summed E-state index contributed by atoms with van der Waals surface area (Å²) in [6, 6.07) is 9.48. The van der Waals surface area contributed by atoms with Gasteiger partial charge in [-0.1, -0.05) is 12.1 Å². The second-order valence-electron chi connectivity index (χ2n) is 5.90. The summed E-state index contributed by atoms with van der Waals surface area (Å²) >= 11 is 0. The Morgan fingerprint density at radius 3 is 2.92 bits per heavy atom. The summed E-state index contributed by atoms with van der Waals surface area (Å²) in [4.78, 5) is 34.3. The van der Waals surface area contributed by atoms with Gasteiger partial charge in [-0.25, -0.2) is 0 Å². The molecule has 2 aromatic rings. The maximum absolute atomic E-state index is 12.3. The molecule has 6 nitrogen and oxygen atoms in total. The molecule has 0 spiro atoms. The molecule has 1 N–H and O–H groups in total. The standard InChI is InChI=1S/C18H20N4O2/c23-17-10-15(12-22(17)13-16-5-1-2-8-20-16)18(24)21-9-6-14-4-3-7-19-11-14/h1-5,7-8,11,15H,6,9-10,12-13H2,(H,21,24). The Bertz CT molecular complexity index is 691. The number of pyridine rings is 2. The number of likely N-dealkylation sites (tertiary alicyclic amines) is 1. The molecule has 0 saturated carbocycles. The monoisotopic (exact) mass is 324 g/mol. The van der Waals surface area contributed by atoms with E-state index >= 15 is 0 Å². The van der Waals surface area contributed by atoms with Gasteiger partial charge in [0.2, 0.25) is 11.8 Å². The minimum atomic E-state index is -0.282. The molecule has 2 aromatic heterocycles. The summed E-state index contributed by atoms with van der Waals surface area (Å²) in [6.07, 6.45) is 6.23. The van der Waals surface area contributed by atoms with Gasteiger partial charge >= 0.3 is 0 Å². The topological polar surface area (TPSA) is 75.2 Å². The normalized spacial score (nSPS) is 17.1. The highest BCUT2D eigenvalue weighted by Crippen LogP contribution is 2.19. The van der Waals surface area contributed by atoms with Gasteiger partial charge in [0, 0.05) is 38.1 Å². The lowest BCUT2D eigenvalue weighted by atomic mass is 10.1. The van der Waals surface area contributed by atoms with Crippen LogP contribution in [0.3, 0.4) is 0 Å². The third-order valence-electron chi connectivity index (χ3n) is 4.10. The van der Waals surface area contributed by atoms with Crippen molar-refractivity contribution in [3.63, 3.8) is 0 Å². The zero-order valence-corrected chi connectivity index (χ0v) is 13.4. The molecule has 0 aliphatic carbocycles. The van der Waals surface area contributed by atoms with Crippen LogP contribution in [0.1, 0.15) is 17.7 Å². The van der Waals surface area contributed by atoms with Crippen molar-refractivity contribution in [2.75, 3.05) is 13.1 Å². The van der Waals surface area contributed by atoms with Crippen molar-refractivity contribution >= 4 is 11.8 Å². The summed E-state index contributed by atoms with van der Waals surface area (Å²) in [6.45, 7) is 1.46. The molecule has 0 bridgehead atoms. The van der Waals surface area contributed by atoms with Gasteiger partial charge in [0.05, 0.1) is 18.2 Å². The number of carbonyl (C=O) groups is 2. The maximum atomic E-state index is 12.3. The van der Waals surface area contributed by atoms with E-state index in [1.54, 1.807) is 23.5 Å². The fraction of sp³-hybridized carbons (Fsp3) is 0.333. The van der Waals surface area contributed by atoms with Gasteiger partial charge < -0.3 is 10.2 Å². The number of aromatic nitrogens is 2. The van der Waals surface area contributed by atoms with E-state index in [2.05, 4.69) is 15.3 Å². The average molecular weight is 324 g/mol. The number of hydrogen-bond donors (Lipinski definition) is 1. The lowest BCUT2D eigenvalue weighted by Crippen LogP contribution is -2.34. The molecular formula is C18H20N4O2. The first-order valence-electron chi connectivity index (χ1n) is 8.06. The van der Waals surface area contributed by atoms with Gasteiger partial charge in [0.25, 0.3) is 0 Å². The van der Waals surface area contributed by atoms with Gasteiger partial charge in [-0.2, -0.15) is 0 Å². The third kappa shape index (κ3) is 4.16. The Labute approximate surface area is 140 Å². The first kappa shape index (κ1) is 16.1. The lowest BCUT2D eigenvalue weighted by Gasteiger charge is -2.16. The molecule has 1 fully saturated rings. The summed E-state index contributed by atoms with van der Waals surface area (Å²) in [7, 11) is 0. The van der Waals surface area contributed by atoms with Crippen molar-refractivity contribution in [3.8, 4) is 0 Å². The number of nitrogens with zero attached hydrogens (tertiary/aromatic N) is 3. The fourth-order valence-electron chi connectivity index (χ4n) is 2.81. The zero-order valence-electron chi connectivity index (χ0n) is 13.4. The first-order valence-corrected chi connectivity index (χ1v) is 8.06. The Hall–Kier alpha value is -2.76. The van der Waals surface area contributed by atoms with E-state index in [4.69, 9.17) is 0 Å². The van der Waals surface area contributed by atoms with Crippen LogP contribution in [0, 0.1) is 5.92 Å². The van der Waals surface area contributed by atoms with Crippen molar-refractivity contribution in [1.82, 2.24) is 20.2 Å². The number of hydrogen-bond acceptors (Lipinski definition) is 4. The van der Waals surface area contributed by atoms with Crippen LogP contribution in [0.25, 0.3) is 0 Å². The largest absolute Gasteiger partial charge is 0.355 e. The second-order valence-corrected chi connectivity index (χ2v) is 5.90. The van der Waals surface area contributed by atoms with Gasteiger partial charge in [0.15, 0.2) is 0 Å². The van der Waals surface area contributed by atoms with Crippen molar-refractivity contribution in [2.24, 2.45) is 5.92 Å². The molecule has 0 radical (unpaired) electrons. The Morgan fingerprint density at radius 1 is 1.25 bits per heavy atom. The van der Waals surface area contributed by atoms with Gasteiger partial charge in [0.1, 0.15) is 0 Å². The van der Waals surface area contributed by atoms with Crippen molar-refractivity contribution in [3.05, 3.63) is 60.2 Å². The minimum absolute atomic E-state index is 0.00747. The molecule has 2 amide bonds. The van der Waals surface area contributed by atoms with Crippen LogP contribution >= 0.6 is 0 Å². The molecular weight excluding hydrogens is 304 g/mol. The smallest absolute Gasteiger partial charge is 0.225 e. The molecule has 6 heteroatoms. The molecule has 0 aromatic carbocycles. The Kier molecular flexibility index (Phi) is 5.15. The fourth-order valence-corrected chi connectivity index (χ4v) is 2.81. The summed E-state index contributed by atoms with van der Waals surface area (Å²) in [5, 5.41) is 2.92. The molecule has 1 atom stereocenters.